The van der Waals surface area contributed by atoms with Crippen molar-refractivity contribution in [3.05, 3.63) is 52.6 Å². The number of amides is 2. The van der Waals surface area contributed by atoms with Crippen molar-refractivity contribution < 1.29 is 43.5 Å². The second-order valence-electron chi connectivity index (χ2n) is 17.7. The number of fused-ring (bicyclic) bond motifs is 3. The van der Waals surface area contributed by atoms with Crippen molar-refractivity contribution in [1.82, 2.24) is 10.6 Å². The number of allylic oxidation sites excluding steroid dienone is 1. The molecular formula is C42H56N2O9. The summed E-state index contributed by atoms with van der Waals surface area (Å²) in [4.78, 5) is 40.8. The van der Waals surface area contributed by atoms with E-state index in [2.05, 4.69) is 37.5 Å². The number of ether oxygens (including phenoxy) is 4. The van der Waals surface area contributed by atoms with Crippen LogP contribution in [-0.4, -0.2) is 89.1 Å². The van der Waals surface area contributed by atoms with Crippen LogP contribution in [0, 0.1) is 29.1 Å². The zero-order valence-electron chi connectivity index (χ0n) is 31.5. The van der Waals surface area contributed by atoms with Gasteiger partial charge in [-0.3, -0.25) is 9.59 Å². The molecule has 0 aromatic heterocycles. The van der Waals surface area contributed by atoms with Gasteiger partial charge in [-0.25, -0.2) is 4.79 Å². The number of rotatable bonds is 11. The summed E-state index contributed by atoms with van der Waals surface area (Å²) in [6.07, 6.45) is 10.3. The van der Waals surface area contributed by atoms with Crippen molar-refractivity contribution >= 4 is 23.9 Å². The van der Waals surface area contributed by atoms with Gasteiger partial charge in [0.15, 0.2) is 5.79 Å². The number of carbonyl (C=O) groups is 3. The molecule has 2 heterocycles. The van der Waals surface area contributed by atoms with E-state index < -0.39 is 54.0 Å². The number of epoxide rings is 1. The minimum absolute atomic E-state index is 0.0102. The van der Waals surface area contributed by atoms with Crippen LogP contribution >= 0.6 is 0 Å². The number of benzene rings is 1. The number of esters is 1. The zero-order chi connectivity index (χ0) is 37.3. The standard InChI is InChI=1S/C42H56N2O9/c1-23(46)35(38(48)43-17-18-45)44-37(47)26-20-32(36-33(21-26)51-42(53-36,27-10-11-27)28-12-13-28)50-39(49)29-8-6-5-7-24(29)19-25-9-14-34-41(4,52-34)16-15-31-30(25)22-40(31,2)3/h5-8,19,21,23,27-28,30-36,45-46H,9-18,20,22H2,1-4H3,(H,43,48)(H,44,47). The van der Waals surface area contributed by atoms with Crippen LogP contribution in [0.3, 0.4) is 0 Å². The molecule has 8 rings (SSSR count). The Labute approximate surface area is 312 Å². The minimum Gasteiger partial charge on any atom is -0.456 e. The number of aliphatic hydroxyl groups is 2. The second-order valence-corrected chi connectivity index (χ2v) is 17.7. The van der Waals surface area contributed by atoms with Crippen LogP contribution in [0.5, 0.6) is 0 Å². The lowest BCUT2D eigenvalue weighted by Crippen LogP contribution is -2.54. The molecule has 0 bridgehead atoms. The first-order valence-corrected chi connectivity index (χ1v) is 19.9. The molecule has 7 aliphatic rings. The summed E-state index contributed by atoms with van der Waals surface area (Å²) in [5.74, 6) is -0.862. The van der Waals surface area contributed by atoms with Gasteiger partial charge in [-0.05, 0) is 107 Å². The van der Waals surface area contributed by atoms with Crippen molar-refractivity contribution in [2.45, 2.75) is 140 Å². The molecule has 11 heteroatoms. The monoisotopic (exact) mass is 732 g/mol. The summed E-state index contributed by atoms with van der Waals surface area (Å²) in [5, 5.41) is 24.7. The molecule has 9 unspecified atom stereocenters. The summed E-state index contributed by atoms with van der Waals surface area (Å²) in [6, 6.07) is 6.34. The number of aliphatic hydroxyl groups excluding tert-OH is 2. The average molecular weight is 733 g/mol. The zero-order valence-corrected chi connectivity index (χ0v) is 31.5. The quantitative estimate of drug-likeness (QED) is 0.189. The Kier molecular flexibility index (Phi) is 9.66. The number of hydrogen-bond donors (Lipinski definition) is 4. The molecule has 53 heavy (non-hydrogen) atoms. The topological polar surface area (TPSA) is 156 Å². The summed E-state index contributed by atoms with van der Waals surface area (Å²) in [6.45, 7) is 8.12. The van der Waals surface area contributed by atoms with Gasteiger partial charge in [-0.2, -0.15) is 0 Å². The molecule has 9 atom stereocenters. The third-order valence-corrected chi connectivity index (χ3v) is 13.3. The van der Waals surface area contributed by atoms with E-state index in [4.69, 9.17) is 24.1 Å². The highest BCUT2D eigenvalue weighted by atomic mass is 16.8. The Morgan fingerprint density at radius 2 is 1.75 bits per heavy atom. The Morgan fingerprint density at radius 3 is 2.43 bits per heavy atom. The van der Waals surface area contributed by atoms with Gasteiger partial charge in [-0.1, -0.05) is 43.7 Å². The van der Waals surface area contributed by atoms with E-state index in [1.54, 1.807) is 12.1 Å². The summed E-state index contributed by atoms with van der Waals surface area (Å²) < 4.78 is 26.1. The second kappa shape index (κ2) is 13.9. The highest BCUT2D eigenvalue weighted by Crippen LogP contribution is 2.61. The van der Waals surface area contributed by atoms with E-state index in [1.807, 2.05) is 18.2 Å². The first-order valence-electron chi connectivity index (χ1n) is 19.9. The molecule has 0 radical (unpaired) electrons. The molecule has 4 N–H and O–H groups in total. The lowest BCUT2D eigenvalue weighted by atomic mass is 9.52. The molecule has 288 valence electrons. The van der Waals surface area contributed by atoms with Gasteiger partial charge in [0.05, 0.1) is 30.0 Å². The van der Waals surface area contributed by atoms with Crippen LogP contribution in [0.15, 0.2) is 41.5 Å². The Hall–Kier alpha value is -3.09. The summed E-state index contributed by atoms with van der Waals surface area (Å²) in [7, 11) is 0. The predicted octanol–water partition coefficient (Wildman–Crippen LogP) is 4.59. The fraction of sp³-hybridized carbons (Fsp3) is 0.690. The Bertz CT molecular complexity index is 1670. The van der Waals surface area contributed by atoms with Gasteiger partial charge in [0.2, 0.25) is 11.8 Å². The fourth-order valence-corrected chi connectivity index (χ4v) is 9.91. The smallest absolute Gasteiger partial charge is 0.339 e. The number of hydrogen-bond acceptors (Lipinski definition) is 9. The lowest BCUT2D eigenvalue weighted by molar-refractivity contribution is -0.209. The van der Waals surface area contributed by atoms with Crippen LogP contribution in [0.25, 0.3) is 6.08 Å². The average Bonchev–Trinajstić information content (AvgIpc) is 4.03. The molecule has 2 aliphatic heterocycles. The Morgan fingerprint density at radius 1 is 1.02 bits per heavy atom. The molecule has 2 saturated heterocycles. The number of carbonyl (C=O) groups excluding carboxylic acids is 3. The van der Waals surface area contributed by atoms with E-state index in [0.29, 0.717) is 23.0 Å². The van der Waals surface area contributed by atoms with E-state index in [9.17, 15) is 19.5 Å². The highest BCUT2D eigenvalue weighted by molar-refractivity contribution is 5.98. The molecular weight excluding hydrogens is 676 g/mol. The van der Waals surface area contributed by atoms with Gasteiger partial charge < -0.3 is 39.8 Å². The molecule has 0 spiro atoms. The molecule has 5 aliphatic carbocycles. The largest absolute Gasteiger partial charge is 0.456 e. The normalized spacial score (nSPS) is 35.7. The Balaban J connectivity index is 1.05. The van der Waals surface area contributed by atoms with E-state index in [-0.39, 0.29) is 48.5 Å². The molecule has 11 nitrogen and oxygen atoms in total. The first kappa shape index (κ1) is 36.9. The summed E-state index contributed by atoms with van der Waals surface area (Å²) in [5.41, 5.74) is 3.20. The lowest BCUT2D eigenvalue weighted by Gasteiger charge is -2.53. The maximum Gasteiger partial charge on any atom is 0.339 e. The van der Waals surface area contributed by atoms with Gasteiger partial charge in [0.1, 0.15) is 24.4 Å². The fourth-order valence-electron chi connectivity index (χ4n) is 9.91. The summed E-state index contributed by atoms with van der Waals surface area (Å²) >= 11 is 0. The van der Waals surface area contributed by atoms with Crippen LogP contribution in [0.1, 0.15) is 108 Å². The number of nitrogens with one attached hydrogen (secondary N) is 2. The SMILES string of the molecule is CC(O)C(NC(=O)C1=CC2OC(C3CC3)(C3CC3)OC2C(OC(=O)c2ccccc2C=C2CCC3OC3(C)CCC3C2CC3(C)C)C1)C(=O)NCCO. The molecule has 1 aromatic carbocycles. The van der Waals surface area contributed by atoms with Crippen molar-refractivity contribution in [2.75, 3.05) is 13.2 Å². The van der Waals surface area contributed by atoms with E-state index >= 15 is 0 Å². The van der Waals surface area contributed by atoms with Crippen LogP contribution < -0.4 is 10.6 Å². The third-order valence-electron chi connectivity index (χ3n) is 13.3. The van der Waals surface area contributed by atoms with Crippen LogP contribution in [0.4, 0.5) is 0 Å². The van der Waals surface area contributed by atoms with Gasteiger partial charge >= 0.3 is 5.97 Å². The molecule has 4 saturated carbocycles. The van der Waals surface area contributed by atoms with Gasteiger partial charge in [0.25, 0.3) is 0 Å². The first-order chi connectivity index (χ1) is 25.3. The maximum absolute atomic E-state index is 14.3. The molecule has 6 fully saturated rings. The molecule has 1 aromatic rings. The van der Waals surface area contributed by atoms with E-state index in [1.165, 1.54) is 12.5 Å². The van der Waals surface area contributed by atoms with Gasteiger partial charge in [0, 0.05) is 30.4 Å². The van der Waals surface area contributed by atoms with Crippen molar-refractivity contribution in [3.63, 3.8) is 0 Å². The minimum atomic E-state index is -1.25. The van der Waals surface area contributed by atoms with Crippen molar-refractivity contribution in [1.29, 1.82) is 0 Å². The van der Waals surface area contributed by atoms with E-state index in [0.717, 1.165) is 63.4 Å². The molecule has 2 amide bonds. The van der Waals surface area contributed by atoms with Gasteiger partial charge in [-0.15, -0.1) is 0 Å². The van der Waals surface area contributed by atoms with Crippen molar-refractivity contribution in [2.24, 2.45) is 29.1 Å². The van der Waals surface area contributed by atoms with Crippen LogP contribution in [0.2, 0.25) is 0 Å². The highest BCUT2D eigenvalue weighted by Gasteiger charge is 2.65. The van der Waals surface area contributed by atoms with Crippen molar-refractivity contribution in [3.8, 4) is 0 Å². The predicted molar refractivity (Wildman–Crippen MR) is 195 cm³/mol. The third kappa shape index (κ3) is 7.12. The van der Waals surface area contributed by atoms with Crippen LogP contribution in [-0.2, 0) is 28.5 Å². The maximum atomic E-state index is 14.3.